The Balaban J connectivity index is 3.22. The second kappa shape index (κ2) is 6.17. The van der Waals surface area contributed by atoms with Gasteiger partial charge in [0.05, 0.1) is 12.7 Å². The molecule has 3 nitrogen and oxygen atoms in total. The minimum absolute atomic E-state index is 0.158. The summed E-state index contributed by atoms with van der Waals surface area (Å²) in [4.78, 5) is 22.7. The van der Waals surface area contributed by atoms with Crippen LogP contribution in [0.4, 0.5) is 0 Å². The summed E-state index contributed by atoms with van der Waals surface area (Å²) in [6.07, 6.45) is 0. The maximum absolute atomic E-state index is 11.5. The number of alkyl halides is 2. The molecule has 0 N–H and O–H groups in total. The van der Waals surface area contributed by atoms with E-state index < -0.39 is 11.3 Å². The number of benzene rings is 1. The number of ketones is 1. The Morgan fingerprint density at radius 2 is 2.06 bits per heavy atom. The molecule has 92 valence electrons. The smallest absolute Gasteiger partial charge is 0.337 e. The zero-order chi connectivity index (χ0) is 13.0. The monoisotopic (exact) mass is 318 g/mol. The number of carbonyl (C=O) groups is 2. The minimum Gasteiger partial charge on any atom is -0.465 e. The zero-order valence-corrected chi connectivity index (χ0v) is 11.8. The number of carbonyl (C=O) groups excluding carboxylic acids is 2. The Hall–Kier alpha value is -0.870. The van der Waals surface area contributed by atoms with Gasteiger partial charge in [0.1, 0.15) is 5.38 Å². The standard InChI is InChI=1S/C12H12BrClO3/c1-7(15)11(14)9-3-8(6-13)4-10(5-9)12(16)17-2/h3-5,11H,6H2,1-2H3. The normalized spacial score (nSPS) is 12.0. The summed E-state index contributed by atoms with van der Waals surface area (Å²) in [6, 6.07) is 5.07. The van der Waals surface area contributed by atoms with Gasteiger partial charge in [-0.15, -0.1) is 11.6 Å². The van der Waals surface area contributed by atoms with Gasteiger partial charge in [0.25, 0.3) is 0 Å². The van der Waals surface area contributed by atoms with Crippen LogP contribution >= 0.6 is 27.5 Å². The van der Waals surface area contributed by atoms with E-state index in [1.165, 1.54) is 14.0 Å². The van der Waals surface area contributed by atoms with Crippen molar-refractivity contribution < 1.29 is 14.3 Å². The molecule has 0 saturated carbocycles. The number of Topliss-reactive ketones (excluding diaryl/α,β-unsaturated/α-hetero) is 1. The topological polar surface area (TPSA) is 43.4 Å². The highest BCUT2D eigenvalue weighted by molar-refractivity contribution is 9.08. The summed E-state index contributed by atoms with van der Waals surface area (Å²) < 4.78 is 4.65. The van der Waals surface area contributed by atoms with E-state index in [2.05, 4.69) is 20.7 Å². The number of hydrogen-bond donors (Lipinski definition) is 0. The molecule has 0 radical (unpaired) electrons. The quantitative estimate of drug-likeness (QED) is 0.632. The Labute approximate surface area is 113 Å². The van der Waals surface area contributed by atoms with Gasteiger partial charge in [-0.1, -0.05) is 22.0 Å². The predicted octanol–water partition coefficient (Wildman–Crippen LogP) is 3.24. The lowest BCUT2D eigenvalue weighted by atomic mass is 10.0. The van der Waals surface area contributed by atoms with E-state index in [0.717, 1.165) is 5.56 Å². The van der Waals surface area contributed by atoms with Crippen LogP contribution in [0.25, 0.3) is 0 Å². The molecule has 1 aromatic rings. The molecule has 0 aliphatic heterocycles. The summed E-state index contributed by atoms with van der Waals surface area (Å²) in [5.74, 6) is -0.601. The molecule has 0 bridgehead atoms. The van der Waals surface area contributed by atoms with E-state index in [4.69, 9.17) is 11.6 Å². The summed E-state index contributed by atoms with van der Waals surface area (Å²) in [6.45, 7) is 1.41. The molecule has 0 heterocycles. The zero-order valence-electron chi connectivity index (χ0n) is 9.50. The molecule has 0 aliphatic rings. The number of esters is 1. The molecule has 1 atom stereocenters. The third-order valence-corrected chi connectivity index (χ3v) is 3.45. The second-order valence-electron chi connectivity index (χ2n) is 3.56. The van der Waals surface area contributed by atoms with E-state index in [0.29, 0.717) is 16.5 Å². The van der Waals surface area contributed by atoms with Gasteiger partial charge in [-0.05, 0) is 30.2 Å². The van der Waals surface area contributed by atoms with Crippen molar-refractivity contribution in [2.45, 2.75) is 17.6 Å². The molecule has 1 unspecified atom stereocenters. The fourth-order valence-electron chi connectivity index (χ4n) is 1.41. The van der Waals surface area contributed by atoms with Gasteiger partial charge in [-0.3, -0.25) is 4.79 Å². The van der Waals surface area contributed by atoms with E-state index in [9.17, 15) is 9.59 Å². The summed E-state index contributed by atoms with van der Waals surface area (Å²) in [5.41, 5.74) is 1.87. The van der Waals surface area contributed by atoms with Crippen molar-refractivity contribution in [3.8, 4) is 0 Å². The minimum atomic E-state index is -0.739. The first-order valence-electron chi connectivity index (χ1n) is 4.92. The molecule has 0 saturated heterocycles. The van der Waals surface area contributed by atoms with Crippen LogP contribution in [0.2, 0.25) is 0 Å². The highest BCUT2D eigenvalue weighted by Crippen LogP contribution is 2.25. The molecular weight excluding hydrogens is 307 g/mol. The number of hydrogen-bond acceptors (Lipinski definition) is 3. The van der Waals surface area contributed by atoms with Gasteiger partial charge in [0, 0.05) is 5.33 Å². The van der Waals surface area contributed by atoms with Gasteiger partial charge in [0.2, 0.25) is 0 Å². The molecule has 0 amide bonds. The molecular formula is C12H12BrClO3. The van der Waals surface area contributed by atoms with Crippen molar-refractivity contribution in [1.82, 2.24) is 0 Å². The summed E-state index contributed by atoms with van der Waals surface area (Å²) in [5, 5.41) is -0.163. The van der Waals surface area contributed by atoms with Crippen LogP contribution in [-0.4, -0.2) is 18.9 Å². The van der Waals surface area contributed by atoms with Gasteiger partial charge < -0.3 is 4.74 Å². The lowest BCUT2D eigenvalue weighted by molar-refractivity contribution is -0.116. The lowest BCUT2D eigenvalue weighted by Crippen LogP contribution is -2.07. The SMILES string of the molecule is COC(=O)c1cc(CBr)cc(C(Cl)C(C)=O)c1. The number of halogens is 2. The molecule has 5 heteroatoms. The largest absolute Gasteiger partial charge is 0.465 e. The molecule has 1 rings (SSSR count). The van der Waals surface area contributed by atoms with Crippen molar-refractivity contribution in [3.63, 3.8) is 0 Å². The average Bonchev–Trinajstić information content (AvgIpc) is 2.35. The third kappa shape index (κ3) is 3.54. The Morgan fingerprint density at radius 1 is 1.41 bits per heavy atom. The van der Waals surface area contributed by atoms with Gasteiger partial charge in [-0.2, -0.15) is 0 Å². The van der Waals surface area contributed by atoms with E-state index in [1.54, 1.807) is 18.2 Å². The molecule has 0 aromatic heterocycles. The van der Waals surface area contributed by atoms with Crippen LogP contribution < -0.4 is 0 Å². The van der Waals surface area contributed by atoms with Gasteiger partial charge in [0.15, 0.2) is 5.78 Å². The van der Waals surface area contributed by atoms with Gasteiger partial charge in [-0.25, -0.2) is 4.79 Å². The lowest BCUT2D eigenvalue weighted by Gasteiger charge is -2.10. The maximum atomic E-state index is 11.5. The molecule has 0 aliphatic carbocycles. The van der Waals surface area contributed by atoms with E-state index in [-0.39, 0.29) is 5.78 Å². The Kier molecular flexibility index (Phi) is 5.15. The van der Waals surface area contributed by atoms with Gasteiger partial charge >= 0.3 is 5.97 Å². The van der Waals surface area contributed by atoms with Crippen LogP contribution in [0.1, 0.15) is 33.8 Å². The first-order chi connectivity index (χ1) is 7.99. The highest BCUT2D eigenvalue weighted by Gasteiger charge is 2.16. The van der Waals surface area contributed by atoms with Crippen LogP contribution in [0.5, 0.6) is 0 Å². The van der Waals surface area contributed by atoms with Crippen molar-refractivity contribution in [2.24, 2.45) is 0 Å². The summed E-state index contributed by atoms with van der Waals surface area (Å²) in [7, 11) is 1.31. The fraction of sp³-hybridized carbons (Fsp3) is 0.333. The third-order valence-electron chi connectivity index (χ3n) is 2.24. The van der Waals surface area contributed by atoms with E-state index >= 15 is 0 Å². The van der Waals surface area contributed by atoms with Crippen LogP contribution in [-0.2, 0) is 14.9 Å². The van der Waals surface area contributed by atoms with Crippen molar-refractivity contribution in [1.29, 1.82) is 0 Å². The number of ether oxygens (including phenoxy) is 1. The summed E-state index contributed by atoms with van der Waals surface area (Å²) >= 11 is 9.28. The maximum Gasteiger partial charge on any atom is 0.337 e. The van der Waals surface area contributed by atoms with Crippen molar-refractivity contribution in [3.05, 3.63) is 34.9 Å². The highest BCUT2D eigenvalue weighted by atomic mass is 79.9. The average molecular weight is 320 g/mol. The molecule has 0 fully saturated rings. The molecule has 1 aromatic carbocycles. The number of methoxy groups -OCH3 is 1. The Morgan fingerprint density at radius 3 is 2.53 bits per heavy atom. The van der Waals surface area contributed by atoms with Crippen molar-refractivity contribution >= 4 is 39.3 Å². The molecule has 17 heavy (non-hydrogen) atoms. The Bertz CT molecular complexity index is 445. The first kappa shape index (κ1) is 14.2. The fourth-order valence-corrected chi connectivity index (χ4v) is 1.86. The van der Waals surface area contributed by atoms with Crippen molar-refractivity contribution in [2.75, 3.05) is 7.11 Å². The molecule has 0 spiro atoms. The predicted molar refractivity (Wildman–Crippen MR) is 69.7 cm³/mol. The van der Waals surface area contributed by atoms with Crippen LogP contribution in [0, 0.1) is 0 Å². The second-order valence-corrected chi connectivity index (χ2v) is 4.56. The number of rotatable bonds is 4. The van der Waals surface area contributed by atoms with Crippen LogP contribution in [0.15, 0.2) is 18.2 Å². The van der Waals surface area contributed by atoms with E-state index in [1.807, 2.05) is 0 Å². The van der Waals surface area contributed by atoms with Crippen LogP contribution in [0.3, 0.4) is 0 Å². The first-order valence-corrected chi connectivity index (χ1v) is 6.48.